The van der Waals surface area contributed by atoms with Crippen molar-refractivity contribution in [2.45, 2.75) is 19.8 Å². The average Bonchev–Trinajstić information content (AvgIpc) is 2.95. The maximum absolute atomic E-state index is 12.0. The van der Waals surface area contributed by atoms with E-state index >= 15 is 0 Å². The van der Waals surface area contributed by atoms with Crippen molar-refractivity contribution in [3.63, 3.8) is 0 Å². The minimum atomic E-state index is -0.376. The van der Waals surface area contributed by atoms with Crippen LogP contribution in [0.1, 0.15) is 19.8 Å². The zero-order chi connectivity index (χ0) is 14.4. The highest BCUT2D eigenvalue weighted by molar-refractivity contribution is 9.10. The van der Waals surface area contributed by atoms with Gasteiger partial charge in [0, 0.05) is 17.6 Å². The molecule has 0 atom stereocenters. The number of anilines is 1. The van der Waals surface area contributed by atoms with Crippen LogP contribution in [0.5, 0.6) is 0 Å². The number of nitrogens with one attached hydrogen (secondary N) is 1. The summed E-state index contributed by atoms with van der Waals surface area (Å²) in [5.41, 5.74) is 3.74. The number of hydrazone groups is 1. The van der Waals surface area contributed by atoms with Crippen LogP contribution in [0.2, 0.25) is 0 Å². The summed E-state index contributed by atoms with van der Waals surface area (Å²) in [6, 6.07) is 7.61. The number of halogens is 1. The number of benzene rings is 1. The molecule has 1 aromatic carbocycles. The van der Waals surface area contributed by atoms with Gasteiger partial charge in [0.05, 0.1) is 12.3 Å². The zero-order valence-corrected chi connectivity index (χ0v) is 13.0. The monoisotopic (exact) mass is 339 g/mol. The van der Waals surface area contributed by atoms with Gasteiger partial charge >= 0.3 is 5.97 Å². The highest BCUT2D eigenvalue weighted by Crippen LogP contribution is 2.15. The second-order valence-corrected chi connectivity index (χ2v) is 5.38. The van der Waals surface area contributed by atoms with E-state index in [0.29, 0.717) is 12.4 Å². The Kier molecular flexibility index (Phi) is 5.40. The molecule has 5 nitrogen and oxygen atoms in total. The Labute approximate surface area is 127 Å². The van der Waals surface area contributed by atoms with E-state index < -0.39 is 0 Å². The molecule has 0 aliphatic carbocycles. The number of amidine groups is 1. The molecule has 1 N–H and O–H groups in total. The molecule has 1 fully saturated rings. The van der Waals surface area contributed by atoms with Gasteiger partial charge in [-0.1, -0.05) is 15.9 Å². The van der Waals surface area contributed by atoms with E-state index in [1.807, 2.05) is 29.2 Å². The fourth-order valence-corrected chi connectivity index (χ4v) is 2.28. The minimum absolute atomic E-state index is 0.351. The van der Waals surface area contributed by atoms with Crippen molar-refractivity contribution >= 4 is 33.4 Å². The van der Waals surface area contributed by atoms with Gasteiger partial charge in [0.2, 0.25) is 5.84 Å². The lowest BCUT2D eigenvalue weighted by Gasteiger charge is -2.18. The number of nitrogens with zero attached hydrogens (tertiary/aromatic N) is 2. The van der Waals surface area contributed by atoms with Gasteiger partial charge in [-0.2, -0.15) is 0 Å². The lowest BCUT2D eigenvalue weighted by atomic mass is 10.3. The average molecular weight is 340 g/mol. The van der Waals surface area contributed by atoms with Crippen LogP contribution in [0.3, 0.4) is 0 Å². The fraction of sp³-hybridized carbons (Fsp3) is 0.429. The molecule has 20 heavy (non-hydrogen) atoms. The first kappa shape index (κ1) is 14.8. The van der Waals surface area contributed by atoms with E-state index in [2.05, 4.69) is 26.5 Å². The number of carbonyl (C=O) groups is 1. The number of hydrogen-bond donors (Lipinski definition) is 1. The quantitative estimate of drug-likeness (QED) is 0.398. The molecule has 6 heteroatoms. The third-order valence-electron chi connectivity index (χ3n) is 3.00. The Morgan fingerprint density at radius 2 is 2.00 bits per heavy atom. The van der Waals surface area contributed by atoms with E-state index in [0.717, 1.165) is 36.1 Å². The van der Waals surface area contributed by atoms with E-state index in [4.69, 9.17) is 4.74 Å². The molecule has 1 aromatic rings. The molecule has 0 amide bonds. The van der Waals surface area contributed by atoms with E-state index in [-0.39, 0.29) is 5.97 Å². The van der Waals surface area contributed by atoms with Gasteiger partial charge in [-0.25, -0.2) is 4.79 Å². The number of rotatable bonds is 3. The molecule has 0 aromatic heterocycles. The Hall–Kier alpha value is -1.56. The summed E-state index contributed by atoms with van der Waals surface area (Å²) >= 11 is 3.38. The van der Waals surface area contributed by atoms with Crippen molar-refractivity contribution < 1.29 is 9.53 Å². The van der Waals surface area contributed by atoms with Gasteiger partial charge in [0.25, 0.3) is 0 Å². The highest BCUT2D eigenvalue weighted by Gasteiger charge is 2.23. The second-order valence-electron chi connectivity index (χ2n) is 4.47. The van der Waals surface area contributed by atoms with Crippen LogP contribution in [-0.4, -0.2) is 36.4 Å². The topological polar surface area (TPSA) is 53.9 Å². The third kappa shape index (κ3) is 3.96. The van der Waals surface area contributed by atoms with E-state index in [9.17, 15) is 4.79 Å². The summed E-state index contributed by atoms with van der Waals surface area (Å²) in [6.07, 6.45) is 2.16. The number of carbonyl (C=O) groups excluding carboxylic acids is 1. The molecular formula is C14H18BrN3O2. The number of hydrogen-bond acceptors (Lipinski definition) is 4. The summed E-state index contributed by atoms with van der Waals surface area (Å²) in [4.78, 5) is 13.9. The largest absolute Gasteiger partial charge is 0.460 e. The van der Waals surface area contributed by atoms with Gasteiger partial charge in [-0.05, 0) is 44.0 Å². The lowest BCUT2D eigenvalue weighted by molar-refractivity contribution is -0.135. The number of ether oxygens (including phenoxy) is 1. The third-order valence-corrected chi connectivity index (χ3v) is 3.53. The maximum atomic E-state index is 12.0. The molecule has 1 heterocycles. The normalized spacial score (nSPS) is 15.3. The molecule has 0 saturated carbocycles. The van der Waals surface area contributed by atoms with E-state index in [1.54, 1.807) is 6.92 Å². The van der Waals surface area contributed by atoms with Crippen molar-refractivity contribution in [1.29, 1.82) is 0 Å². The van der Waals surface area contributed by atoms with Gasteiger partial charge in [0.15, 0.2) is 0 Å². The van der Waals surface area contributed by atoms with Gasteiger partial charge < -0.3 is 9.64 Å². The predicted molar refractivity (Wildman–Crippen MR) is 82.6 cm³/mol. The molecule has 0 radical (unpaired) electrons. The first-order valence-corrected chi connectivity index (χ1v) is 7.51. The zero-order valence-electron chi connectivity index (χ0n) is 11.4. The summed E-state index contributed by atoms with van der Waals surface area (Å²) in [7, 11) is 0. The maximum Gasteiger partial charge on any atom is 0.375 e. The second kappa shape index (κ2) is 7.28. The van der Waals surface area contributed by atoms with Crippen molar-refractivity contribution in [2.24, 2.45) is 5.10 Å². The summed E-state index contributed by atoms with van der Waals surface area (Å²) in [6.45, 7) is 3.84. The SMILES string of the molecule is CCOC(=O)/C(=N/Nc1ccc(Br)cc1)N1CCCC1. The number of likely N-dealkylation sites (tertiary alicyclic amines) is 1. The van der Waals surface area contributed by atoms with Crippen molar-refractivity contribution in [1.82, 2.24) is 4.90 Å². The lowest BCUT2D eigenvalue weighted by Crippen LogP contribution is -2.36. The molecule has 0 bridgehead atoms. The van der Waals surface area contributed by atoms with Gasteiger partial charge in [-0.15, -0.1) is 5.10 Å². The molecule has 0 spiro atoms. The summed E-state index contributed by atoms with van der Waals surface area (Å²) in [5.74, 6) is -0.0220. The van der Waals surface area contributed by atoms with Crippen LogP contribution in [0, 0.1) is 0 Å². The first-order chi connectivity index (χ1) is 9.70. The van der Waals surface area contributed by atoms with Crippen LogP contribution < -0.4 is 5.43 Å². The van der Waals surface area contributed by atoms with Gasteiger partial charge in [0.1, 0.15) is 0 Å². The van der Waals surface area contributed by atoms with Crippen LogP contribution in [-0.2, 0) is 9.53 Å². The molecule has 2 rings (SSSR count). The molecular weight excluding hydrogens is 322 g/mol. The first-order valence-electron chi connectivity index (χ1n) is 6.72. The van der Waals surface area contributed by atoms with Crippen molar-refractivity contribution in [3.8, 4) is 0 Å². The molecule has 1 aliphatic heterocycles. The predicted octanol–water partition coefficient (Wildman–Crippen LogP) is 2.83. The number of esters is 1. The Bertz CT molecular complexity index is 482. The molecule has 0 unspecified atom stereocenters. The summed E-state index contributed by atoms with van der Waals surface area (Å²) in [5, 5.41) is 4.23. The smallest absolute Gasteiger partial charge is 0.375 e. The molecule has 1 aliphatic rings. The van der Waals surface area contributed by atoms with Crippen LogP contribution in [0.15, 0.2) is 33.8 Å². The van der Waals surface area contributed by atoms with Crippen LogP contribution >= 0.6 is 15.9 Å². The van der Waals surface area contributed by atoms with Crippen molar-refractivity contribution in [2.75, 3.05) is 25.1 Å². The fourth-order valence-electron chi connectivity index (χ4n) is 2.01. The van der Waals surface area contributed by atoms with Crippen LogP contribution in [0.4, 0.5) is 5.69 Å². The Balaban J connectivity index is 2.10. The molecule has 1 saturated heterocycles. The van der Waals surface area contributed by atoms with E-state index in [1.165, 1.54) is 0 Å². The highest BCUT2D eigenvalue weighted by atomic mass is 79.9. The Morgan fingerprint density at radius 3 is 2.60 bits per heavy atom. The van der Waals surface area contributed by atoms with Crippen molar-refractivity contribution in [3.05, 3.63) is 28.7 Å². The standard InChI is InChI=1S/C14H18BrN3O2/c1-2-20-14(19)13(18-9-3-4-10-18)17-16-12-7-5-11(15)6-8-12/h5-8,16H,2-4,9-10H2,1H3/b17-13-. The minimum Gasteiger partial charge on any atom is -0.460 e. The molecule has 108 valence electrons. The van der Waals surface area contributed by atoms with Gasteiger partial charge in [-0.3, -0.25) is 5.43 Å². The van der Waals surface area contributed by atoms with Crippen LogP contribution in [0.25, 0.3) is 0 Å². The Morgan fingerprint density at radius 1 is 1.35 bits per heavy atom. The summed E-state index contributed by atoms with van der Waals surface area (Å²) < 4.78 is 6.06.